The van der Waals surface area contributed by atoms with Crippen molar-refractivity contribution in [1.82, 2.24) is 4.90 Å². The van der Waals surface area contributed by atoms with Crippen LogP contribution >= 0.6 is 0 Å². The van der Waals surface area contributed by atoms with E-state index >= 15 is 0 Å². The van der Waals surface area contributed by atoms with Gasteiger partial charge in [0.05, 0.1) is 6.07 Å². The van der Waals surface area contributed by atoms with Gasteiger partial charge in [0.25, 0.3) is 0 Å². The molecular weight excluding hydrogens is 198 g/mol. The third-order valence-corrected chi connectivity index (χ3v) is 3.07. The Balaban J connectivity index is 1.99. The summed E-state index contributed by atoms with van der Waals surface area (Å²) in [4.78, 5) is 2.27. The van der Waals surface area contributed by atoms with Crippen LogP contribution in [0, 0.1) is 11.3 Å². The van der Waals surface area contributed by atoms with Crippen molar-refractivity contribution in [3.05, 3.63) is 35.9 Å². The minimum absolute atomic E-state index is 0.646. The van der Waals surface area contributed by atoms with Gasteiger partial charge in [-0.25, -0.2) is 0 Å². The van der Waals surface area contributed by atoms with Gasteiger partial charge in [-0.2, -0.15) is 5.26 Å². The van der Waals surface area contributed by atoms with Gasteiger partial charge in [0.2, 0.25) is 0 Å². The zero-order valence-electron chi connectivity index (χ0n) is 9.39. The number of piperidine rings is 1. The second-order valence-corrected chi connectivity index (χ2v) is 4.57. The Labute approximate surface area is 96.5 Å². The fourth-order valence-electron chi connectivity index (χ4n) is 2.24. The van der Waals surface area contributed by atoms with E-state index in [1.807, 2.05) is 18.2 Å². The number of benzene rings is 1. The summed E-state index contributed by atoms with van der Waals surface area (Å²) in [5, 5.41) is 9.03. The Bertz CT molecular complexity index is 382. The summed E-state index contributed by atoms with van der Waals surface area (Å²) < 4.78 is 0. The minimum Gasteiger partial charge on any atom is -0.312 e. The lowest BCUT2D eigenvalue weighted by molar-refractivity contribution is 0.172. The molecule has 1 aromatic rings. The van der Waals surface area contributed by atoms with Gasteiger partial charge >= 0.3 is 0 Å². The number of likely N-dealkylation sites (tertiary alicyclic amines) is 1. The van der Waals surface area contributed by atoms with Crippen molar-refractivity contribution in [3.63, 3.8) is 0 Å². The predicted octanol–water partition coefficient (Wildman–Crippen LogP) is 1.50. The summed E-state index contributed by atoms with van der Waals surface area (Å²) in [5.41, 5.74) is 6.64. The maximum atomic E-state index is 9.03. The van der Waals surface area contributed by atoms with Crippen LogP contribution in [0.3, 0.4) is 0 Å². The van der Waals surface area contributed by atoms with Crippen molar-refractivity contribution in [2.45, 2.75) is 24.9 Å². The van der Waals surface area contributed by atoms with Crippen LogP contribution in [0.2, 0.25) is 0 Å². The van der Waals surface area contributed by atoms with Gasteiger partial charge < -0.3 is 5.73 Å². The molecule has 1 fully saturated rings. The van der Waals surface area contributed by atoms with Crippen LogP contribution in [0.1, 0.15) is 18.4 Å². The summed E-state index contributed by atoms with van der Waals surface area (Å²) in [5.74, 6) is 0. The molecule has 1 aromatic carbocycles. The molecule has 16 heavy (non-hydrogen) atoms. The van der Waals surface area contributed by atoms with Crippen LogP contribution in [-0.4, -0.2) is 23.5 Å². The Morgan fingerprint density at radius 2 is 2.12 bits per heavy atom. The van der Waals surface area contributed by atoms with Crippen LogP contribution in [0.5, 0.6) is 0 Å². The second kappa shape index (κ2) is 4.65. The molecule has 1 aliphatic rings. The van der Waals surface area contributed by atoms with Crippen LogP contribution in [0.4, 0.5) is 0 Å². The number of hydrogen-bond acceptors (Lipinski definition) is 3. The number of nitriles is 1. The number of nitrogens with zero attached hydrogens (tertiary/aromatic N) is 2. The van der Waals surface area contributed by atoms with Gasteiger partial charge in [-0.1, -0.05) is 30.3 Å². The fourth-order valence-corrected chi connectivity index (χ4v) is 2.24. The van der Waals surface area contributed by atoms with E-state index in [-0.39, 0.29) is 0 Å². The Hall–Kier alpha value is -1.37. The fraction of sp³-hybridized carbons (Fsp3) is 0.462. The van der Waals surface area contributed by atoms with Crippen molar-refractivity contribution in [2.24, 2.45) is 5.73 Å². The molecule has 1 aliphatic heterocycles. The third-order valence-electron chi connectivity index (χ3n) is 3.07. The number of nitrogens with two attached hydrogens (primary N) is 1. The van der Waals surface area contributed by atoms with E-state index in [2.05, 4.69) is 23.1 Å². The number of rotatable bonds is 2. The van der Waals surface area contributed by atoms with E-state index in [1.54, 1.807) is 0 Å². The Morgan fingerprint density at radius 1 is 1.38 bits per heavy atom. The van der Waals surface area contributed by atoms with Crippen molar-refractivity contribution >= 4 is 0 Å². The molecule has 0 aliphatic carbocycles. The molecule has 1 saturated heterocycles. The molecule has 1 heterocycles. The third kappa shape index (κ3) is 2.60. The molecule has 0 spiro atoms. The normalized spacial score (nSPS) is 26.2. The zero-order chi connectivity index (χ0) is 11.4. The van der Waals surface area contributed by atoms with E-state index in [0.717, 1.165) is 25.9 Å². The van der Waals surface area contributed by atoms with E-state index in [9.17, 15) is 0 Å². The van der Waals surface area contributed by atoms with E-state index in [0.29, 0.717) is 6.54 Å². The van der Waals surface area contributed by atoms with Gasteiger partial charge in [-0.15, -0.1) is 0 Å². The first-order valence-electron chi connectivity index (χ1n) is 5.68. The highest BCUT2D eigenvalue weighted by molar-refractivity contribution is 5.16. The monoisotopic (exact) mass is 215 g/mol. The van der Waals surface area contributed by atoms with Gasteiger partial charge in [-0.3, -0.25) is 4.90 Å². The standard InChI is InChI=1S/C13H17N3/c14-10-13(15)7-4-8-16(11-13)9-12-5-2-1-3-6-12/h1-3,5-6H,4,7-9,11,15H2/t13-/m1/s1. The average molecular weight is 215 g/mol. The first kappa shape index (κ1) is 11.1. The van der Waals surface area contributed by atoms with Gasteiger partial charge in [0, 0.05) is 13.1 Å². The zero-order valence-corrected chi connectivity index (χ0v) is 9.39. The lowest BCUT2D eigenvalue weighted by Crippen LogP contribution is -2.52. The molecule has 2 rings (SSSR count). The summed E-state index contributed by atoms with van der Waals surface area (Å²) in [6.45, 7) is 2.61. The van der Waals surface area contributed by atoms with E-state index in [1.165, 1.54) is 5.56 Å². The Kier molecular flexibility index (Phi) is 3.23. The maximum absolute atomic E-state index is 9.03. The Morgan fingerprint density at radius 3 is 2.81 bits per heavy atom. The summed E-state index contributed by atoms with van der Waals surface area (Å²) in [7, 11) is 0. The second-order valence-electron chi connectivity index (χ2n) is 4.57. The lowest BCUT2D eigenvalue weighted by Gasteiger charge is -2.35. The SMILES string of the molecule is N#C[C@]1(N)CCCN(Cc2ccccc2)C1. The molecule has 0 radical (unpaired) electrons. The molecule has 0 saturated carbocycles. The molecule has 1 atom stereocenters. The first-order chi connectivity index (χ1) is 7.72. The maximum Gasteiger partial charge on any atom is 0.117 e. The van der Waals surface area contributed by atoms with Crippen LogP contribution < -0.4 is 5.73 Å². The van der Waals surface area contributed by atoms with Crippen molar-refractivity contribution in [2.75, 3.05) is 13.1 Å². The lowest BCUT2D eigenvalue weighted by atomic mass is 9.91. The van der Waals surface area contributed by atoms with Crippen LogP contribution in [-0.2, 0) is 6.54 Å². The topological polar surface area (TPSA) is 53.1 Å². The van der Waals surface area contributed by atoms with E-state index < -0.39 is 5.54 Å². The van der Waals surface area contributed by atoms with Crippen molar-refractivity contribution < 1.29 is 0 Å². The van der Waals surface area contributed by atoms with Crippen LogP contribution in [0.15, 0.2) is 30.3 Å². The molecule has 3 heteroatoms. The van der Waals surface area contributed by atoms with Gasteiger partial charge in [0.15, 0.2) is 0 Å². The number of hydrogen-bond donors (Lipinski definition) is 1. The average Bonchev–Trinajstić information content (AvgIpc) is 2.30. The molecule has 0 aromatic heterocycles. The molecule has 0 unspecified atom stereocenters. The quantitative estimate of drug-likeness (QED) is 0.813. The van der Waals surface area contributed by atoms with E-state index in [4.69, 9.17) is 11.0 Å². The summed E-state index contributed by atoms with van der Waals surface area (Å²) >= 11 is 0. The highest BCUT2D eigenvalue weighted by Crippen LogP contribution is 2.19. The van der Waals surface area contributed by atoms with Gasteiger partial charge in [0.1, 0.15) is 5.54 Å². The largest absolute Gasteiger partial charge is 0.312 e. The highest BCUT2D eigenvalue weighted by atomic mass is 15.2. The highest BCUT2D eigenvalue weighted by Gasteiger charge is 2.31. The smallest absolute Gasteiger partial charge is 0.117 e. The first-order valence-corrected chi connectivity index (χ1v) is 5.68. The minimum atomic E-state index is -0.646. The predicted molar refractivity (Wildman–Crippen MR) is 63.5 cm³/mol. The van der Waals surface area contributed by atoms with Crippen molar-refractivity contribution in [1.29, 1.82) is 5.26 Å². The summed E-state index contributed by atoms with van der Waals surface area (Å²) in [6, 6.07) is 12.6. The molecule has 3 nitrogen and oxygen atoms in total. The summed E-state index contributed by atoms with van der Waals surface area (Å²) in [6.07, 6.45) is 1.83. The molecule has 2 N–H and O–H groups in total. The molecule has 0 amide bonds. The molecule has 84 valence electrons. The van der Waals surface area contributed by atoms with Crippen LogP contribution in [0.25, 0.3) is 0 Å². The van der Waals surface area contributed by atoms with Crippen molar-refractivity contribution in [3.8, 4) is 6.07 Å². The van der Waals surface area contributed by atoms with Gasteiger partial charge in [-0.05, 0) is 24.9 Å². The molecular formula is C13H17N3. The molecule has 0 bridgehead atoms.